The van der Waals surface area contributed by atoms with Crippen LogP contribution in [0.2, 0.25) is 0 Å². The van der Waals surface area contributed by atoms with Gasteiger partial charge in [-0.25, -0.2) is 0 Å². The van der Waals surface area contributed by atoms with Gasteiger partial charge in [-0.2, -0.15) is 5.21 Å². The van der Waals surface area contributed by atoms with E-state index in [0.29, 0.717) is 11.6 Å². The average Bonchev–Trinajstić information content (AvgIpc) is 2.91. The standard InChI is InChI=1S/C12H14BrN5OS/c1-7-5-9(13)3-4-10(7)20-6-11(19)14-8(2)12-15-17-18-16-12/h3-5,8H,6H2,1-2H3,(H,14,19)(H,15,16,17,18). The number of rotatable bonds is 5. The SMILES string of the molecule is Cc1cc(Br)ccc1SCC(=O)NC(C)c1nn[nH]n1. The summed E-state index contributed by atoms with van der Waals surface area (Å²) in [5, 5.41) is 16.3. The highest BCUT2D eigenvalue weighted by atomic mass is 79.9. The minimum Gasteiger partial charge on any atom is -0.345 e. The van der Waals surface area contributed by atoms with Crippen LogP contribution in [0, 0.1) is 6.92 Å². The maximum atomic E-state index is 11.9. The van der Waals surface area contributed by atoms with Crippen LogP contribution in [0.1, 0.15) is 24.4 Å². The van der Waals surface area contributed by atoms with Gasteiger partial charge in [0.15, 0.2) is 5.82 Å². The quantitative estimate of drug-likeness (QED) is 0.803. The van der Waals surface area contributed by atoms with E-state index in [2.05, 4.69) is 41.9 Å². The Kier molecular flexibility index (Phi) is 5.13. The molecule has 6 nitrogen and oxygen atoms in total. The van der Waals surface area contributed by atoms with Gasteiger partial charge in [0.2, 0.25) is 5.91 Å². The molecule has 0 aliphatic rings. The van der Waals surface area contributed by atoms with E-state index in [1.165, 1.54) is 11.8 Å². The molecule has 1 amide bonds. The lowest BCUT2D eigenvalue weighted by molar-refractivity contribution is -0.119. The summed E-state index contributed by atoms with van der Waals surface area (Å²) >= 11 is 4.93. The number of tetrazole rings is 1. The molecule has 8 heteroatoms. The van der Waals surface area contributed by atoms with Crippen LogP contribution in [0.15, 0.2) is 27.6 Å². The highest BCUT2D eigenvalue weighted by Gasteiger charge is 2.13. The van der Waals surface area contributed by atoms with Crippen LogP contribution >= 0.6 is 27.7 Å². The van der Waals surface area contributed by atoms with Crippen molar-refractivity contribution in [1.82, 2.24) is 25.9 Å². The number of thioether (sulfide) groups is 1. The molecule has 0 aliphatic carbocycles. The Morgan fingerprint density at radius 2 is 2.35 bits per heavy atom. The first-order chi connectivity index (χ1) is 9.56. The van der Waals surface area contributed by atoms with Crippen LogP contribution in [0.3, 0.4) is 0 Å². The summed E-state index contributed by atoms with van der Waals surface area (Å²) in [6.45, 7) is 3.84. The number of hydrogen-bond acceptors (Lipinski definition) is 5. The fourth-order valence-corrected chi connectivity index (χ4v) is 2.92. The fourth-order valence-electron chi connectivity index (χ4n) is 1.62. The van der Waals surface area contributed by atoms with Gasteiger partial charge in [-0.1, -0.05) is 21.1 Å². The van der Waals surface area contributed by atoms with E-state index in [1.807, 2.05) is 32.0 Å². The number of carbonyl (C=O) groups excluding carboxylic acids is 1. The zero-order chi connectivity index (χ0) is 14.5. The molecular weight excluding hydrogens is 342 g/mol. The van der Waals surface area contributed by atoms with Gasteiger partial charge >= 0.3 is 0 Å². The monoisotopic (exact) mass is 355 g/mol. The van der Waals surface area contributed by atoms with Crippen LogP contribution in [0.5, 0.6) is 0 Å². The third-order valence-electron chi connectivity index (χ3n) is 2.62. The normalized spacial score (nSPS) is 12.2. The maximum Gasteiger partial charge on any atom is 0.230 e. The summed E-state index contributed by atoms with van der Waals surface area (Å²) < 4.78 is 1.04. The highest BCUT2D eigenvalue weighted by Crippen LogP contribution is 2.25. The Bertz CT molecular complexity index is 590. The minimum absolute atomic E-state index is 0.0605. The van der Waals surface area contributed by atoms with Crippen molar-refractivity contribution in [3.63, 3.8) is 0 Å². The lowest BCUT2D eigenvalue weighted by Crippen LogP contribution is -2.28. The number of benzene rings is 1. The molecule has 0 fully saturated rings. The Morgan fingerprint density at radius 3 is 3.00 bits per heavy atom. The second-order valence-corrected chi connectivity index (χ2v) is 6.19. The first-order valence-electron chi connectivity index (χ1n) is 5.98. The van der Waals surface area contributed by atoms with Crippen LogP contribution in [0.4, 0.5) is 0 Å². The molecule has 20 heavy (non-hydrogen) atoms. The van der Waals surface area contributed by atoms with E-state index in [4.69, 9.17) is 0 Å². The lowest BCUT2D eigenvalue weighted by atomic mass is 10.2. The molecule has 2 aromatic rings. The molecule has 0 aliphatic heterocycles. The second-order valence-electron chi connectivity index (χ2n) is 4.26. The van der Waals surface area contributed by atoms with Gasteiger partial charge in [0.25, 0.3) is 0 Å². The number of halogens is 1. The Hall–Kier alpha value is -1.41. The summed E-state index contributed by atoms with van der Waals surface area (Å²) in [4.78, 5) is 13.0. The number of nitrogens with zero attached hydrogens (tertiary/aromatic N) is 3. The van der Waals surface area contributed by atoms with Gasteiger partial charge < -0.3 is 5.32 Å². The van der Waals surface area contributed by atoms with Crippen molar-refractivity contribution in [2.75, 3.05) is 5.75 Å². The first-order valence-corrected chi connectivity index (χ1v) is 7.76. The molecule has 0 spiro atoms. The van der Waals surface area contributed by atoms with E-state index < -0.39 is 0 Å². The van der Waals surface area contributed by atoms with E-state index >= 15 is 0 Å². The van der Waals surface area contributed by atoms with Crippen molar-refractivity contribution < 1.29 is 4.79 Å². The van der Waals surface area contributed by atoms with Crippen molar-refractivity contribution >= 4 is 33.6 Å². The summed E-state index contributed by atoms with van der Waals surface area (Å²) in [6, 6.07) is 5.74. The maximum absolute atomic E-state index is 11.9. The summed E-state index contributed by atoms with van der Waals surface area (Å²) in [7, 11) is 0. The van der Waals surface area contributed by atoms with Crippen molar-refractivity contribution in [2.24, 2.45) is 0 Å². The number of hydrogen-bond donors (Lipinski definition) is 2. The zero-order valence-corrected chi connectivity index (χ0v) is 13.5. The van der Waals surface area contributed by atoms with Gasteiger partial charge in [0, 0.05) is 9.37 Å². The number of aromatic amines is 1. The number of aryl methyl sites for hydroxylation is 1. The predicted octanol–water partition coefficient (Wildman–Crippen LogP) is 2.24. The number of nitrogens with one attached hydrogen (secondary N) is 2. The topological polar surface area (TPSA) is 83.6 Å². The smallest absolute Gasteiger partial charge is 0.230 e. The molecule has 1 aromatic heterocycles. The third kappa shape index (κ3) is 4.04. The predicted molar refractivity (Wildman–Crippen MR) is 80.3 cm³/mol. The average molecular weight is 356 g/mol. The summed E-state index contributed by atoms with van der Waals surface area (Å²) in [6.07, 6.45) is 0. The van der Waals surface area contributed by atoms with E-state index in [9.17, 15) is 4.79 Å². The van der Waals surface area contributed by atoms with Crippen molar-refractivity contribution in [1.29, 1.82) is 0 Å². The van der Waals surface area contributed by atoms with Gasteiger partial charge in [-0.05, 0) is 37.6 Å². The largest absolute Gasteiger partial charge is 0.345 e. The van der Waals surface area contributed by atoms with Crippen LogP contribution in [0.25, 0.3) is 0 Å². The fraction of sp³-hybridized carbons (Fsp3) is 0.333. The molecule has 0 saturated heterocycles. The van der Waals surface area contributed by atoms with E-state index in [1.54, 1.807) is 0 Å². The molecule has 1 aromatic carbocycles. The van der Waals surface area contributed by atoms with Crippen molar-refractivity contribution in [3.8, 4) is 0 Å². The number of carbonyl (C=O) groups is 1. The molecule has 106 valence electrons. The molecule has 2 N–H and O–H groups in total. The molecule has 1 heterocycles. The Labute approximate surface area is 129 Å². The van der Waals surface area contributed by atoms with Crippen molar-refractivity contribution in [3.05, 3.63) is 34.1 Å². The van der Waals surface area contributed by atoms with E-state index in [0.717, 1.165) is 14.9 Å². The summed E-state index contributed by atoms with van der Waals surface area (Å²) in [5.74, 6) is 0.766. The van der Waals surface area contributed by atoms with Crippen molar-refractivity contribution in [2.45, 2.75) is 24.8 Å². The second kappa shape index (κ2) is 6.85. The molecule has 1 atom stereocenters. The molecule has 0 radical (unpaired) electrons. The number of aromatic nitrogens is 4. The zero-order valence-electron chi connectivity index (χ0n) is 11.1. The van der Waals surface area contributed by atoms with Gasteiger partial charge in [0.05, 0.1) is 11.8 Å². The first kappa shape index (κ1) is 15.0. The number of H-pyrrole nitrogens is 1. The van der Waals surface area contributed by atoms with Gasteiger partial charge in [-0.3, -0.25) is 4.79 Å². The minimum atomic E-state index is -0.257. The Morgan fingerprint density at radius 1 is 1.55 bits per heavy atom. The van der Waals surface area contributed by atoms with Gasteiger partial charge in [0.1, 0.15) is 0 Å². The molecule has 0 bridgehead atoms. The molecular formula is C12H14BrN5OS. The third-order valence-corrected chi connectivity index (χ3v) is 4.29. The van der Waals surface area contributed by atoms with Crippen LogP contribution in [-0.2, 0) is 4.79 Å². The summed E-state index contributed by atoms with van der Waals surface area (Å²) in [5.41, 5.74) is 1.14. The Balaban J connectivity index is 1.86. The molecule has 2 rings (SSSR count). The highest BCUT2D eigenvalue weighted by molar-refractivity contribution is 9.10. The van der Waals surface area contributed by atoms with E-state index in [-0.39, 0.29) is 11.9 Å². The molecule has 1 unspecified atom stereocenters. The van der Waals surface area contributed by atoms with Gasteiger partial charge in [-0.15, -0.1) is 22.0 Å². The molecule has 0 saturated carbocycles. The number of amides is 1. The lowest BCUT2D eigenvalue weighted by Gasteiger charge is -2.10. The van der Waals surface area contributed by atoms with Crippen LogP contribution < -0.4 is 5.32 Å². The van der Waals surface area contributed by atoms with Crippen LogP contribution in [-0.4, -0.2) is 32.3 Å².